The van der Waals surface area contributed by atoms with Crippen molar-refractivity contribution in [3.8, 4) is 11.5 Å². The third kappa shape index (κ3) is 4.59. The lowest BCUT2D eigenvalue weighted by Crippen LogP contribution is -2.40. The summed E-state index contributed by atoms with van der Waals surface area (Å²) < 4.78 is 10.7. The van der Waals surface area contributed by atoms with Crippen LogP contribution >= 0.6 is 0 Å². The van der Waals surface area contributed by atoms with Gasteiger partial charge in [-0.3, -0.25) is 9.59 Å². The minimum atomic E-state index is -0.0349. The van der Waals surface area contributed by atoms with Crippen LogP contribution in [0.15, 0.2) is 18.2 Å². The zero-order valence-electron chi connectivity index (χ0n) is 16.4. The summed E-state index contributed by atoms with van der Waals surface area (Å²) in [7, 11) is 0. The Labute approximate surface area is 166 Å². The van der Waals surface area contributed by atoms with Crippen LogP contribution in [0, 0.1) is 11.8 Å². The van der Waals surface area contributed by atoms with Crippen molar-refractivity contribution in [2.75, 3.05) is 12.1 Å². The first-order chi connectivity index (χ1) is 13.7. The van der Waals surface area contributed by atoms with Crippen molar-refractivity contribution < 1.29 is 19.1 Å². The molecule has 1 heterocycles. The molecule has 0 aromatic heterocycles. The van der Waals surface area contributed by atoms with Gasteiger partial charge in [0.15, 0.2) is 11.5 Å². The molecule has 0 atom stereocenters. The number of carbonyl (C=O) groups excluding carboxylic acids is 2. The van der Waals surface area contributed by atoms with E-state index in [4.69, 9.17) is 9.47 Å². The molecule has 1 aromatic rings. The van der Waals surface area contributed by atoms with Crippen LogP contribution in [0.5, 0.6) is 11.5 Å². The van der Waals surface area contributed by atoms with Crippen LogP contribution in [0.3, 0.4) is 0 Å². The Kier molecular flexibility index (Phi) is 6.03. The van der Waals surface area contributed by atoms with E-state index in [0.29, 0.717) is 17.5 Å². The molecule has 0 unspecified atom stereocenters. The number of anilines is 1. The summed E-state index contributed by atoms with van der Waals surface area (Å²) in [6.45, 7) is 0.222. The van der Waals surface area contributed by atoms with Gasteiger partial charge >= 0.3 is 0 Å². The van der Waals surface area contributed by atoms with E-state index < -0.39 is 0 Å². The Morgan fingerprint density at radius 2 is 1.43 bits per heavy atom. The Hall–Kier alpha value is -2.24. The monoisotopic (exact) mass is 386 g/mol. The van der Waals surface area contributed by atoms with Crippen LogP contribution in [0.2, 0.25) is 0 Å². The molecule has 0 spiro atoms. The van der Waals surface area contributed by atoms with Gasteiger partial charge in [0.1, 0.15) is 0 Å². The van der Waals surface area contributed by atoms with Gasteiger partial charge in [-0.25, -0.2) is 0 Å². The third-order valence-electron chi connectivity index (χ3n) is 6.31. The highest BCUT2D eigenvalue weighted by Gasteiger charge is 2.31. The minimum Gasteiger partial charge on any atom is -0.454 e. The first-order valence-corrected chi connectivity index (χ1v) is 10.7. The van der Waals surface area contributed by atoms with Crippen LogP contribution in [0.4, 0.5) is 5.69 Å². The zero-order valence-corrected chi connectivity index (χ0v) is 16.4. The van der Waals surface area contributed by atoms with E-state index in [9.17, 15) is 9.59 Å². The standard InChI is InChI=1S/C22H30N2O4/c25-21(23-17-5-3-1-2-4-6-17)15-7-9-16(10-8-15)22(26)24-18-11-12-19-20(13-18)28-14-27-19/h11-13,15-17H,1-10,14H2,(H,23,25)(H,24,26). The zero-order chi connectivity index (χ0) is 19.3. The summed E-state index contributed by atoms with van der Waals surface area (Å²) in [5.74, 6) is 1.61. The molecule has 2 N–H and O–H groups in total. The van der Waals surface area contributed by atoms with Gasteiger partial charge in [0.2, 0.25) is 18.6 Å². The van der Waals surface area contributed by atoms with E-state index in [1.165, 1.54) is 25.7 Å². The van der Waals surface area contributed by atoms with Crippen molar-refractivity contribution in [1.82, 2.24) is 5.32 Å². The number of carbonyl (C=O) groups is 2. The Bertz CT molecular complexity index is 704. The predicted molar refractivity (Wildman–Crippen MR) is 106 cm³/mol. The highest BCUT2D eigenvalue weighted by Crippen LogP contribution is 2.35. The summed E-state index contributed by atoms with van der Waals surface area (Å²) in [6, 6.07) is 5.79. The highest BCUT2D eigenvalue weighted by molar-refractivity contribution is 5.93. The van der Waals surface area contributed by atoms with Crippen LogP contribution in [0.25, 0.3) is 0 Å². The maximum atomic E-state index is 12.6. The maximum Gasteiger partial charge on any atom is 0.231 e. The summed E-state index contributed by atoms with van der Waals surface area (Å²) in [5, 5.41) is 6.25. The fourth-order valence-electron chi connectivity index (χ4n) is 4.58. The molecule has 6 heteroatoms. The first kappa shape index (κ1) is 19.1. The van der Waals surface area contributed by atoms with Crippen molar-refractivity contribution >= 4 is 17.5 Å². The molecule has 152 valence electrons. The van der Waals surface area contributed by atoms with Gasteiger partial charge in [-0.2, -0.15) is 0 Å². The number of nitrogens with one attached hydrogen (secondary N) is 2. The minimum absolute atomic E-state index is 0.0292. The van der Waals surface area contributed by atoms with Gasteiger partial charge in [-0.05, 0) is 50.7 Å². The van der Waals surface area contributed by atoms with E-state index >= 15 is 0 Å². The van der Waals surface area contributed by atoms with Gasteiger partial charge in [-0.1, -0.05) is 25.7 Å². The Morgan fingerprint density at radius 1 is 0.786 bits per heavy atom. The average Bonchev–Trinajstić information content (AvgIpc) is 3.03. The molecule has 0 radical (unpaired) electrons. The number of amides is 2. The molecule has 28 heavy (non-hydrogen) atoms. The second-order valence-corrected chi connectivity index (χ2v) is 8.30. The molecule has 1 aliphatic heterocycles. The normalized spacial score (nSPS) is 25.0. The molecule has 1 aromatic carbocycles. The summed E-state index contributed by atoms with van der Waals surface area (Å²) in [5.41, 5.74) is 0.725. The molecule has 4 rings (SSSR count). The molecule has 2 aliphatic carbocycles. The highest BCUT2D eigenvalue weighted by atomic mass is 16.7. The van der Waals surface area contributed by atoms with Crippen LogP contribution in [-0.4, -0.2) is 24.6 Å². The van der Waals surface area contributed by atoms with Crippen molar-refractivity contribution in [1.29, 1.82) is 0 Å². The van der Waals surface area contributed by atoms with Gasteiger partial charge < -0.3 is 20.1 Å². The van der Waals surface area contributed by atoms with E-state index in [1.54, 1.807) is 6.07 Å². The van der Waals surface area contributed by atoms with E-state index in [2.05, 4.69) is 10.6 Å². The second-order valence-electron chi connectivity index (χ2n) is 8.30. The molecule has 3 aliphatic rings. The first-order valence-electron chi connectivity index (χ1n) is 10.7. The quantitative estimate of drug-likeness (QED) is 0.767. The van der Waals surface area contributed by atoms with E-state index in [0.717, 1.165) is 44.2 Å². The number of hydrogen-bond donors (Lipinski definition) is 2. The Morgan fingerprint density at radius 3 is 2.14 bits per heavy atom. The molecule has 0 saturated heterocycles. The van der Waals surface area contributed by atoms with Crippen molar-refractivity contribution in [3.63, 3.8) is 0 Å². The van der Waals surface area contributed by atoms with Crippen LogP contribution in [-0.2, 0) is 9.59 Å². The second kappa shape index (κ2) is 8.84. The molecule has 2 saturated carbocycles. The number of hydrogen-bond acceptors (Lipinski definition) is 4. The molecule has 2 fully saturated rings. The number of benzene rings is 1. The van der Waals surface area contributed by atoms with Gasteiger partial charge in [0.25, 0.3) is 0 Å². The van der Waals surface area contributed by atoms with E-state index in [-0.39, 0.29) is 30.4 Å². The lowest BCUT2D eigenvalue weighted by Gasteiger charge is -2.28. The fraction of sp³-hybridized carbons (Fsp3) is 0.636. The topological polar surface area (TPSA) is 76.7 Å². The lowest BCUT2D eigenvalue weighted by molar-refractivity contribution is -0.129. The third-order valence-corrected chi connectivity index (χ3v) is 6.31. The average molecular weight is 386 g/mol. The summed E-state index contributed by atoms with van der Waals surface area (Å²) >= 11 is 0. The number of fused-ring (bicyclic) bond motifs is 1. The fourth-order valence-corrected chi connectivity index (χ4v) is 4.58. The van der Waals surface area contributed by atoms with Crippen LogP contribution in [0.1, 0.15) is 64.2 Å². The van der Waals surface area contributed by atoms with Crippen molar-refractivity contribution in [3.05, 3.63) is 18.2 Å². The number of ether oxygens (including phenoxy) is 2. The van der Waals surface area contributed by atoms with Crippen molar-refractivity contribution in [2.45, 2.75) is 70.3 Å². The van der Waals surface area contributed by atoms with Crippen LogP contribution < -0.4 is 20.1 Å². The molecular weight excluding hydrogens is 356 g/mol. The maximum absolute atomic E-state index is 12.6. The molecule has 2 amide bonds. The van der Waals surface area contributed by atoms with Gasteiger partial charge in [-0.15, -0.1) is 0 Å². The molecular formula is C22H30N2O4. The predicted octanol–water partition coefficient (Wildman–Crippen LogP) is 4.00. The lowest BCUT2D eigenvalue weighted by atomic mass is 9.81. The largest absolute Gasteiger partial charge is 0.454 e. The summed E-state index contributed by atoms with van der Waals surface area (Å²) in [6.07, 6.45) is 10.3. The van der Waals surface area contributed by atoms with Gasteiger partial charge in [0, 0.05) is 29.6 Å². The molecule has 6 nitrogen and oxygen atoms in total. The summed E-state index contributed by atoms with van der Waals surface area (Å²) in [4.78, 5) is 25.2. The number of rotatable bonds is 4. The smallest absolute Gasteiger partial charge is 0.231 e. The van der Waals surface area contributed by atoms with E-state index in [1.807, 2.05) is 12.1 Å². The van der Waals surface area contributed by atoms with Crippen molar-refractivity contribution in [2.24, 2.45) is 11.8 Å². The SMILES string of the molecule is O=C(Nc1ccc2c(c1)OCO2)C1CCC(C(=O)NC2CCCCCC2)CC1. The Balaban J connectivity index is 1.24. The van der Waals surface area contributed by atoms with Gasteiger partial charge in [0.05, 0.1) is 0 Å². The molecule has 0 bridgehead atoms.